The minimum atomic E-state index is 0.0343. The van der Waals surface area contributed by atoms with Crippen molar-refractivity contribution in [2.75, 3.05) is 5.75 Å². The molecule has 0 aliphatic heterocycles. The number of nitrogens with zero attached hydrogens (tertiary/aromatic N) is 3. The number of carbonyl (C=O) groups is 1. The number of aromatic nitrogens is 3. The summed E-state index contributed by atoms with van der Waals surface area (Å²) in [5.74, 6) is 2.60. The molecule has 2 aromatic carbocycles. The minimum Gasteiger partial charge on any atom is -0.457 e. The zero-order chi connectivity index (χ0) is 18.4. The van der Waals surface area contributed by atoms with Crippen molar-refractivity contribution in [2.24, 2.45) is 0 Å². The third kappa shape index (κ3) is 4.40. The van der Waals surface area contributed by atoms with Crippen LogP contribution in [0.4, 0.5) is 0 Å². The fourth-order valence-corrected chi connectivity index (χ4v) is 3.24. The molecule has 1 aromatic heterocycles. The van der Waals surface area contributed by atoms with Gasteiger partial charge in [0.25, 0.3) is 0 Å². The maximum atomic E-state index is 12.4. The Morgan fingerprint density at radius 3 is 2.50 bits per heavy atom. The highest BCUT2D eigenvalue weighted by molar-refractivity contribution is 7.99. The van der Waals surface area contributed by atoms with Gasteiger partial charge in [-0.3, -0.25) is 4.79 Å². The molecule has 6 heteroatoms. The number of para-hydroxylation sites is 1. The standard InChI is InChI=1S/C20H19N3O2S/c1-3-13-23-15(2)21-22-20(23)26-14-19(24)16-9-11-18(12-10-16)25-17-7-5-4-6-8-17/h3-12H,1,13-14H2,2H3. The summed E-state index contributed by atoms with van der Waals surface area (Å²) in [6.45, 7) is 6.24. The summed E-state index contributed by atoms with van der Waals surface area (Å²) in [6.07, 6.45) is 1.79. The van der Waals surface area contributed by atoms with Crippen molar-refractivity contribution in [3.8, 4) is 11.5 Å². The number of allylic oxidation sites excluding steroid dienone is 1. The lowest BCUT2D eigenvalue weighted by atomic mass is 10.1. The Morgan fingerprint density at radius 1 is 1.12 bits per heavy atom. The van der Waals surface area contributed by atoms with Crippen LogP contribution in [-0.2, 0) is 6.54 Å². The number of carbonyl (C=O) groups excluding carboxylic acids is 1. The van der Waals surface area contributed by atoms with Gasteiger partial charge in [0.2, 0.25) is 0 Å². The quantitative estimate of drug-likeness (QED) is 0.333. The summed E-state index contributed by atoms with van der Waals surface area (Å²) >= 11 is 1.38. The van der Waals surface area contributed by atoms with Crippen LogP contribution < -0.4 is 4.74 Å². The lowest BCUT2D eigenvalue weighted by Crippen LogP contribution is -2.05. The molecule has 0 saturated heterocycles. The number of Topliss-reactive ketones (excluding diaryl/α,β-unsaturated/α-hetero) is 1. The van der Waals surface area contributed by atoms with E-state index >= 15 is 0 Å². The lowest BCUT2D eigenvalue weighted by molar-refractivity contribution is 0.102. The summed E-state index contributed by atoms with van der Waals surface area (Å²) in [4.78, 5) is 12.4. The molecule has 0 aliphatic carbocycles. The van der Waals surface area contributed by atoms with Crippen LogP contribution in [0, 0.1) is 6.92 Å². The predicted octanol–water partition coefficient (Wildman–Crippen LogP) is 4.54. The molecule has 0 saturated carbocycles. The van der Waals surface area contributed by atoms with Gasteiger partial charge in [0.05, 0.1) is 5.75 Å². The zero-order valence-electron chi connectivity index (χ0n) is 14.5. The molecule has 0 aliphatic rings. The number of aryl methyl sites for hydroxylation is 1. The summed E-state index contributed by atoms with van der Waals surface area (Å²) in [7, 11) is 0. The van der Waals surface area contributed by atoms with Crippen LogP contribution in [0.25, 0.3) is 0 Å². The van der Waals surface area contributed by atoms with Gasteiger partial charge in [-0.1, -0.05) is 36.0 Å². The van der Waals surface area contributed by atoms with Gasteiger partial charge in [-0.25, -0.2) is 0 Å². The molecular formula is C20H19N3O2S. The molecule has 0 spiro atoms. The first-order valence-electron chi connectivity index (χ1n) is 8.17. The Hall–Kier alpha value is -2.86. The molecule has 3 aromatic rings. The van der Waals surface area contributed by atoms with Crippen molar-refractivity contribution in [3.63, 3.8) is 0 Å². The highest BCUT2D eigenvalue weighted by Gasteiger charge is 2.12. The Bertz CT molecular complexity index is 889. The van der Waals surface area contributed by atoms with Gasteiger partial charge in [-0.15, -0.1) is 16.8 Å². The van der Waals surface area contributed by atoms with E-state index < -0.39 is 0 Å². The van der Waals surface area contributed by atoms with E-state index in [1.165, 1.54) is 11.8 Å². The Kier molecular flexibility index (Phi) is 5.86. The van der Waals surface area contributed by atoms with E-state index in [1.54, 1.807) is 30.3 Å². The van der Waals surface area contributed by atoms with E-state index in [4.69, 9.17) is 4.74 Å². The monoisotopic (exact) mass is 365 g/mol. The van der Waals surface area contributed by atoms with E-state index in [0.717, 1.165) is 16.7 Å². The molecule has 0 unspecified atom stereocenters. The molecule has 3 rings (SSSR count). The molecule has 1 heterocycles. The molecule has 0 bridgehead atoms. The first-order chi connectivity index (χ1) is 12.7. The highest BCUT2D eigenvalue weighted by Crippen LogP contribution is 2.23. The summed E-state index contributed by atoms with van der Waals surface area (Å²) in [6, 6.07) is 16.7. The fourth-order valence-electron chi connectivity index (χ4n) is 2.35. The zero-order valence-corrected chi connectivity index (χ0v) is 15.3. The molecule has 0 amide bonds. The van der Waals surface area contributed by atoms with E-state index in [-0.39, 0.29) is 5.78 Å². The average Bonchev–Trinajstić information content (AvgIpc) is 3.01. The average molecular weight is 365 g/mol. The van der Waals surface area contributed by atoms with Gasteiger partial charge < -0.3 is 9.30 Å². The molecule has 26 heavy (non-hydrogen) atoms. The van der Waals surface area contributed by atoms with E-state index in [0.29, 0.717) is 23.6 Å². The third-order valence-corrected chi connectivity index (χ3v) is 4.67. The number of thioether (sulfide) groups is 1. The fraction of sp³-hybridized carbons (Fsp3) is 0.150. The smallest absolute Gasteiger partial charge is 0.191 e. The van der Waals surface area contributed by atoms with Crippen molar-refractivity contribution in [2.45, 2.75) is 18.6 Å². The molecule has 5 nitrogen and oxygen atoms in total. The predicted molar refractivity (Wildman–Crippen MR) is 103 cm³/mol. The minimum absolute atomic E-state index is 0.0343. The van der Waals surface area contributed by atoms with Crippen molar-refractivity contribution in [1.82, 2.24) is 14.8 Å². The van der Waals surface area contributed by atoms with Crippen LogP contribution >= 0.6 is 11.8 Å². The number of rotatable bonds is 8. The third-order valence-electron chi connectivity index (χ3n) is 3.70. The van der Waals surface area contributed by atoms with Crippen molar-refractivity contribution < 1.29 is 9.53 Å². The van der Waals surface area contributed by atoms with Crippen molar-refractivity contribution in [1.29, 1.82) is 0 Å². The highest BCUT2D eigenvalue weighted by atomic mass is 32.2. The van der Waals surface area contributed by atoms with Gasteiger partial charge in [0.1, 0.15) is 17.3 Å². The van der Waals surface area contributed by atoms with Gasteiger partial charge in [0, 0.05) is 12.1 Å². The Morgan fingerprint density at radius 2 is 1.81 bits per heavy atom. The van der Waals surface area contributed by atoms with Gasteiger partial charge >= 0.3 is 0 Å². The van der Waals surface area contributed by atoms with Gasteiger partial charge in [-0.05, 0) is 43.3 Å². The van der Waals surface area contributed by atoms with Crippen LogP contribution in [-0.4, -0.2) is 26.3 Å². The lowest BCUT2D eigenvalue weighted by Gasteiger charge is -2.07. The first kappa shape index (κ1) is 17.9. The number of benzene rings is 2. The molecule has 0 N–H and O–H groups in total. The van der Waals surface area contributed by atoms with Gasteiger partial charge in [0.15, 0.2) is 10.9 Å². The van der Waals surface area contributed by atoms with Crippen molar-refractivity contribution >= 4 is 17.5 Å². The molecule has 0 radical (unpaired) electrons. The van der Waals surface area contributed by atoms with Crippen LogP contribution in [0.1, 0.15) is 16.2 Å². The number of hydrogen-bond donors (Lipinski definition) is 0. The summed E-state index contributed by atoms with van der Waals surface area (Å²) < 4.78 is 7.67. The first-order valence-corrected chi connectivity index (χ1v) is 9.15. The largest absolute Gasteiger partial charge is 0.457 e. The van der Waals surface area contributed by atoms with Crippen LogP contribution in [0.15, 0.2) is 72.4 Å². The van der Waals surface area contributed by atoms with E-state index in [9.17, 15) is 4.79 Å². The number of ketones is 1. The topological polar surface area (TPSA) is 57.0 Å². The normalized spacial score (nSPS) is 10.5. The second kappa shape index (κ2) is 8.49. The number of ether oxygens (including phenoxy) is 1. The maximum Gasteiger partial charge on any atom is 0.191 e. The number of hydrogen-bond acceptors (Lipinski definition) is 5. The molecule has 0 fully saturated rings. The van der Waals surface area contributed by atoms with E-state index in [2.05, 4.69) is 16.8 Å². The second-order valence-electron chi connectivity index (χ2n) is 5.58. The Labute approximate surface area is 156 Å². The summed E-state index contributed by atoms with van der Waals surface area (Å²) in [5, 5.41) is 8.89. The van der Waals surface area contributed by atoms with Gasteiger partial charge in [-0.2, -0.15) is 0 Å². The maximum absolute atomic E-state index is 12.4. The summed E-state index contributed by atoms with van der Waals surface area (Å²) in [5.41, 5.74) is 0.643. The van der Waals surface area contributed by atoms with Crippen molar-refractivity contribution in [3.05, 3.63) is 78.6 Å². The Balaban J connectivity index is 1.61. The van der Waals surface area contributed by atoms with Crippen LogP contribution in [0.5, 0.6) is 11.5 Å². The SMILES string of the molecule is C=CCn1c(C)nnc1SCC(=O)c1ccc(Oc2ccccc2)cc1. The molecule has 132 valence electrons. The molecule has 0 atom stereocenters. The van der Waals surface area contributed by atoms with E-state index in [1.807, 2.05) is 41.8 Å². The second-order valence-corrected chi connectivity index (χ2v) is 6.52. The van der Waals surface area contributed by atoms with Crippen LogP contribution in [0.3, 0.4) is 0 Å². The molecular weight excluding hydrogens is 346 g/mol. The van der Waals surface area contributed by atoms with Crippen LogP contribution in [0.2, 0.25) is 0 Å².